The van der Waals surface area contributed by atoms with Crippen LogP contribution in [0.3, 0.4) is 0 Å². The summed E-state index contributed by atoms with van der Waals surface area (Å²) in [5.41, 5.74) is 2.63. The lowest BCUT2D eigenvalue weighted by atomic mass is 10.1. The van der Waals surface area contributed by atoms with Crippen molar-refractivity contribution >= 4 is 11.3 Å². The fraction of sp³-hybridized carbons (Fsp3) is 0.357. The second-order valence-corrected chi connectivity index (χ2v) is 5.49. The third-order valence-electron chi connectivity index (χ3n) is 2.93. The van der Waals surface area contributed by atoms with E-state index in [9.17, 15) is 0 Å². The lowest BCUT2D eigenvalue weighted by molar-refractivity contribution is 0.274. The van der Waals surface area contributed by atoms with Crippen molar-refractivity contribution in [3.8, 4) is 0 Å². The smallest absolute Gasteiger partial charge is 0.0971 e. The van der Waals surface area contributed by atoms with E-state index in [0.29, 0.717) is 0 Å². The number of nitrogens with zero attached hydrogens (tertiary/aromatic N) is 1. The lowest BCUT2D eigenvalue weighted by Gasteiger charge is -2.03. The predicted molar refractivity (Wildman–Crippen MR) is 71.6 cm³/mol. The van der Waals surface area contributed by atoms with E-state index in [0.717, 1.165) is 16.3 Å². The first-order chi connectivity index (χ1) is 8.20. The molecule has 1 N–H and O–H groups in total. The highest BCUT2D eigenvalue weighted by molar-refractivity contribution is 7.11. The zero-order chi connectivity index (χ0) is 12.3. The van der Waals surface area contributed by atoms with Gasteiger partial charge in [-0.25, -0.2) is 4.98 Å². The first-order valence-corrected chi connectivity index (χ1v) is 6.62. The Morgan fingerprint density at radius 3 is 2.82 bits per heavy atom. The third-order valence-corrected chi connectivity index (χ3v) is 4.16. The monoisotopic (exact) mass is 247 g/mol. The van der Waals surface area contributed by atoms with E-state index >= 15 is 0 Å². The van der Waals surface area contributed by atoms with Gasteiger partial charge in [-0.1, -0.05) is 31.2 Å². The highest BCUT2D eigenvalue weighted by atomic mass is 32.1. The highest BCUT2D eigenvalue weighted by Crippen LogP contribution is 2.24. The van der Waals surface area contributed by atoms with Gasteiger partial charge >= 0.3 is 0 Å². The number of hydrogen-bond acceptors (Lipinski definition) is 3. The van der Waals surface area contributed by atoms with Gasteiger partial charge < -0.3 is 5.11 Å². The van der Waals surface area contributed by atoms with Crippen LogP contribution < -0.4 is 0 Å². The van der Waals surface area contributed by atoms with Gasteiger partial charge in [0.05, 0.1) is 11.6 Å². The van der Waals surface area contributed by atoms with Gasteiger partial charge in [0.25, 0.3) is 0 Å². The summed E-state index contributed by atoms with van der Waals surface area (Å²) in [5.74, 6) is 0.193. The summed E-state index contributed by atoms with van der Waals surface area (Å²) in [7, 11) is 0. The Bertz CT molecular complexity index is 492. The van der Waals surface area contributed by atoms with E-state index in [1.807, 2.05) is 13.1 Å². The van der Waals surface area contributed by atoms with Gasteiger partial charge in [0.15, 0.2) is 0 Å². The molecule has 0 radical (unpaired) electrons. The largest absolute Gasteiger partial charge is 0.396 e. The second kappa shape index (κ2) is 5.43. The second-order valence-electron chi connectivity index (χ2n) is 4.34. The van der Waals surface area contributed by atoms with Gasteiger partial charge in [-0.3, -0.25) is 0 Å². The molecule has 1 aromatic carbocycles. The van der Waals surface area contributed by atoms with Crippen LogP contribution in [0.15, 0.2) is 30.5 Å². The Kier molecular flexibility index (Phi) is 3.92. The van der Waals surface area contributed by atoms with Crippen LogP contribution in [0.2, 0.25) is 0 Å². The molecule has 0 aliphatic heterocycles. The molecule has 0 fully saturated rings. The third kappa shape index (κ3) is 2.93. The number of aryl methyl sites for hydroxylation is 1. The van der Waals surface area contributed by atoms with E-state index in [1.165, 1.54) is 11.1 Å². The Morgan fingerprint density at radius 2 is 2.12 bits per heavy atom. The van der Waals surface area contributed by atoms with Crippen LogP contribution in [0.5, 0.6) is 0 Å². The zero-order valence-corrected chi connectivity index (χ0v) is 11.0. The molecule has 1 aromatic heterocycles. The summed E-state index contributed by atoms with van der Waals surface area (Å²) < 4.78 is 0. The van der Waals surface area contributed by atoms with Crippen molar-refractivity contribution in [3.63, 3.8) is 0 Å². The maximum Gasteiger partial charge on any atom is 0.0971 e. The van der Waals surface area contributed by atoms with Crippen LogP contribution in [-0.2, 0) is 6.42 Å². The molecule has 0 bridgehead atoms. The molecule has 1 atom stereocenters. The quantitative estimate of drug-likeness (QED) is 0.900. The number of aliphatic hydroxyl groups excluding tert-OH is 1. The number of benzene rings is 1. The molecule has 1 unspecified atom stereocenters. The molecule has 2 aromatic rings. The van der Waals surface area contributed by atoms with E-state index in [1.54, 1.807) is 11.3 Å². The van der Waals surface area contributed by atoms with Crippen molar-refractivity contribution in [2.24, 2.45) is 0 Å². The van der Waals surface area contributed by atoms with Crippen molar-refractivity contribution < 1.29 is 5.11 Å². The van der Waals surface area contributed by atoms with Gasteiger partial charge in [-0.15, -0.1) is 11.3 Å². The minimum atomic E-state index is 0.187. The molecule has 2 rings (SSSR count). The van der Waals surface area contributed by atoms with Crippen molar-refractivity contribution in [2.45, 2.75) is 26.2 Å². The fourth-order valence-electron chi connectivity index (χ4n) is 1.70. The summed E-state index contributed by atoms with van der Waals surface area (Å²) in [4.78, 5) is 5.59. The molecule has 0 aliphatic rings. The maximum atomic E-state index is 9.11. The Labute approximate surface area is 106 Å². The van der Waals surface area contributed by atoms with Crippen LogP contribution in [-0.4, -0.2) is 16.7 Å². The average Bonchev–Trinajstić information content (AvgIpc) is 2.80. The molecule has 3 heteroatoms. The van der Waals surface area contributed by atoms with Gasteiger partial charge in [0.2, 0.25) is 0 Å². The summed E-state index contributed by atoms with van der Waals surface area (Å²) in [6, 6.07) is 8.39. The molecule has 90 valence electrons. The molecular weight excluding hydrogens is 230 g/mol. The number of aliphatic hydroxyl groups is 1. The Morgan fingerprint density at radius 1 is 1.35 bits per heavy atom. The molecule has 17 heavy (non-hydrogen) atoms. The Hall–Kier alpha value is -1.19. The van der Waals surface area contributed by atoms with Gasteiger partial charge in [0, 0.05) is 23.4 Å². The maximum absolute atomic E-state index is 9.11. The topological polar surface area (TPSA) is 33.1 Å². The van der Waals surface area contributed by atoms with Gasteiger partial charge in [0.1, 0.15) is 0 Å². The van der Waals surface area contributed by atoms with Crippen LogP contribution in [0, 0.1) is 6.92 Å². The molecule has 0 aliphatic carbocycles. The van der Waals surface area contributed by atoms with Crippen molar-refractivity contribution in [1.29, 1.82) is 0 Å². The molecule has 0 saturated heterocycles. The van der Waals surface area contributed by atoms with Crippen LogP contribution in [0.1, 0.15) is 33.9 Å². The van der Waals surface area contributed by atoms with E-state index in [-0.39, 0.29) is 12.5 Å². The SMILES string of the molecule is Cc1ccccc1Cc1ncc(C(C)CO)s1. The molecule has 2 nitrogen and oxygen atoms in total. The Balaban J connectivity index is 2.14. The zero-order valence-electron chi connectivity index (χ0n) is 10.2. The van der Waals surface area contributed by atoms with Gasteiger partial charge in [-0.2, -0.15) is 0 Å². The molecular formula is C14H17NOS. The van der Waals surface area contributed by atoms with Crippen LogP contribution >= 0.6 is 11.3 Å². The number of hydrogen-bond donors (Lipinski definition) is 1. The van der Waals surface area contributed by atoms with Crippen molar-refractivity contribution in [2.75, 3.05) is 6.61 Å². The lowest BCUT2D eigenvalue weighted by Crippen LogP contribution is -1.94. The highest BCUT2D eigenvalue weighted by Gasteiger charge is 2.09. The van der Waals surface area contributed by atoms with E-state index in [4.69, 9.17) is 5.11 Å². The number of thiazole rings is 1. The van der Waals surface area contributed by atoms with Crippen molar-refractivity contribution in [3.05, 3.63) is 51.5 Å². The van der Waals surface area contributed by atoms with Crippen LogP contribution in [0.25, 0.3) is 0 Å². The minimum absolute atomic E-state index is 0.187. The number of aromatic nitrogens is 1. The molecule has 1 heterocycles. The van der Waals surface area contributed by atoms with Gasteiger partial charge in [-0.05, 0) is 18.1 Å². The predicted octanol–water partition coefficient (Wildman–Crippen LogP) is 3.14. The molecule has 0 saturated carbocycles. The summed E-state index contributed by atoms with van der Waals surface area (Å²) in [6.45, 7) is 4.33. The molecule has 0 amide bonds. The van der Waals surface area contributed by atoms with E-state index < -0.39 is 0 Å². The standard InChI is InChI=1S/C14H17NOS/c1-10-5-3-4-6-12(10)7-14-15-8-13(17-14)11(2)9-16/h3-6,8,11,16H,7,9H2,1-2H3. The first-order valence-electron chi connectivity index (χ1n) is 5.80. The average molecular weight is 247 g/mol. The van der Waals surface area contributed by atoms with E-state index in [2.05, 4.69) is 36.2 Å². The normalized spacial score (nSPS) is 12.6. The van der Waals surface area contributed by atoms with Crippen molar-refractivity contribution in [1.82, 2.24) is 4.98 Å². The summed E-state index contributed by atoms with van der Waals surface area (Å²) >= 11 is 1.70. The molecule has 0 spiro atoms. The first kappa shape index (κ1) is 12.3. The van der Waals surface area contributed by atoms with Crippen LogP contribution in [0.4, 0.5) is 0 Å². The minimum Gasteiger partial charge on any atom is -0.396 e. The number of rotatable bonds is 4. The summed E-state index contributed by atoms with van der Waals surface area (Å²) in [6.07, 6.45) is 2.77. The summed E-state index contributed by atoms with van der Waals surface area (Å²) in [5, 5.41) is 10.2. The fourth-order valence-corrected chi connectivity index (χ4v) is 2.68.